The molecule has 28 heavy (non-hydrogen) atoms. The number of fused-ring (bicyclic) bond motifs is 1. The number of nitrogens with zero attached hydrogens (tertiary/aromatic N) is 3. The van der Waals surface area contributed by atoms with Crippen LogP contribution in [-0.4, -0.2) is 26.5 Å². The molecule has 1 fully saturated rings. The number of hydrogen-bond donors (Lipinski definition) is 3. The highest BCUT2D eigenvalue weighted by atomic mass is 16.5. The van der Waals surface area contributed by atoms with E-state index >= 15 is 0 Å². The molecule has 1 atom stereocenters. The van der Waals surface area contributed by atoms with Crippen molar-refractivity contribution in [1.29, 1.82) is 0 Å². The summed E-state index contributed by atoms with van der Waals surface area (Å²) in [5.74, 6) is 2.63. The summed E-state index contributed by atoms with van der Waals surface area (Å²) in [6.07, 6.45) is 5.62. The van der Waals surface area contributed by atoms with Crippen molar-refractivity contribution in [2.24, 2.45) is 0 Å². The first-order chi connectivity index (χ1) is 13.8. The molecule has 5 rings (SSSR count). The molecule has 4 aromatic rings. The van der Waals surface area contributed by atoms with Gasteiger partial charge < -0.3 is 20.8 Å². The number of nitrogen functional groups attached to an aromatic ring is 1. The molecule has 7 heteroatoms. The molecule has 1 aliphatic rings. The minimum absolute atomic E-state index is 0.253. The van der Waals surface area contributed by atoms with Gasteiger partial charge in [-0.1, -0.05) is 6.07 Å². The number of aromatic nitrogens is 4. The van der Waals surface area contributed by atoms with E-state index in [1.807, 2.05) is 30.3 Å². The summed E-state index contributed by atoms with van der Waals surface area (Å²) in [5.41, 5.74) is 9.40. The van der Waals surface area contributed by atoms with Crippen LogP contribution in [-0.2, 0) is 0 Å². The first kappa shape index (κ1) is 16.7. The maximum atomic E-state index is 6.17. The largest absolute Gasteiger partial charge is 0.455 e. The molecule has 0 spiro atoms. The number of H-pyrrole nitrogens is 1. The molecule has 0 bridgehead atoms. The summed E-state index contributed by atoms with van der Waals surface area (Å²) in [5, 5.41) is 3.55. The van der Waals surface area contributed by atoms with Gasteiger partial charge in [0.05, 0.1) is 17.2 Å². The van der Waals surface area contributed by atoms with Crippen molar-refractivity contribution in [2.45, 2.75) is 18.9 Å². The molecule has 1 aliphatic heterocycles. The van der Waals surface area contributed by atoms with Crippen LogP contribution in [0.1, 0.15) is 24.4 Å². The predicted octanol–water partition coefficient (Wildman–Crippen LogP) is 3.82. The van der Waals surface area contributed by atoms with Crippen LogP contribution in [0.5, 0.6) is 11.5 Å². The zero-order valence-electron chi connectivity index (χ0n) is 15.2. The van der Waals surface area contributed by atoms with Crippen molar-refractivity contribution in [3.63, 3.8) is 0 Å². The SMILES string of the molecule is Nc1ccc(Oc2cc3nc(-c4ccccn4)[nH]c3cc2C2CCCN2)cn1. The molecule has 7 nitrogen and oxygen atoms in total. The predicted molar refractivity (Wildman–Crippen MR) is 108 cm³/mol. The van der Waals surface area contributed by atoms with Gasteiger partial charge in [0.25, 0.3) is 0 Å². The molecule has 3 aromatic heterocycles. The number of nitrogens with two attached hydrogens (primary N) is 1. The van der Waals surface area contributed by atoms with Crippen molar-refractivity contribution in [3.8, 4) is 23.0 Å². The Morgan fingerprint density at radius 3 is 2.82 bits per heavy atom. The van der Waals surface area contributed by atoms with E-state index in [4.69, 9.17) is 15.5 Å². The van der Waals surface area contributed by atoms with Crippen LogP contribution in [0, 0.1) is 0 Å². The van der Waals surface area contributed by atoms with Crippen LogP contribution in [0.4, 0.5) is 5.82 Å². The number of ether oxygens (including phenoxy) is 1. The lowest BCUT2D eigenvalue weighted by atomic mass is 10.0. The van der Waals surface area contributed by atoms with E-state index in [0.29, 0.717) is 11.6 Å². The van der Waals surface area contributed by atoms with Crippen molar-refractivity contribution >= 4 is 16.9 Å². The molecular formula is C21H20N6O. The van der Waals surface area contributed by atoms with Crippen molar-refractivity contribution < 1.29 is 4.74 Å². The normalized spacial score (nSPS) is 16.5. The molecule has 1 unspecified atom stereocenters. The first-order valence-corrected chi connectivity index (χ1v) is 9.34. The molecule has 1 aromatic carbocycles. The van der Waals surface area contributed by atoms with Crippen LogP contribution >= 0.6 is 0 Å². The monoisotopic (exact) mass is 372 g/mol. The molecule has 1 saturated heterocycles. The average Bonchev–Trinajstić information content (AvgIpc) is 3.39. The smallest absolute Gasteiger partial charge is 0.157 e. The summed E-state index contributed by atoms with van der Waals surface area (Å²) in [4.78, 5) is 16.6. The molecule has 0 amide bonds. The van der Waals surface area contributed by atoms with Gasteiger partial charge in [0.1, 0.15) is 23.0 Å². The third-order valence-corrected chi connectivity index (χ3v) is 4.94. The number of rotatable bonds is 4. The van der Waals surface area contributed by atoms with Crippen molar-refractivity contribution in [3.05, 3.63) is 60.4 Å². The number of nitrogens with one attached hydrogen (secondary N) is 2. The minimum atomic E-state index is 0.253. The zero-order chi connectivity index (χ0) is 18.9. The van der Waals surface area contributed by atoms with Gasteiger partial charge in [0.15, 0.2) is 5.82 Å². The van der Waals surface area contributed by atoms with E-state index in [1.54, 1.807) is 18.5 Å². The summed E-state index contributed by atoms with van der Waals surface area (Å²) < 4.78 is 6.17. The van der Waals surface area contributed by atoms with Crippen molar-refractivity contribution in [2.75, 3.05) is 12.3 Å². The van der Waals surface area contributed by atoms with Gasteiger partial charge in [-0.2, -0.15) is 0 Å². The molecule has 140 valence electrons. The number of imidazole rings is 1. The Kier molecular flexibility index (Phi) is 4.14. The van der Waals surface area contributed by atoms with E-state index in [1.165, 1.54) is 0 Å². The summed E-state index contributed by atoms with van der Waals surface area (Å²) in [6, 6.07) is 13.7. The highest BCUT2D eigenvalue weighted by Gasteiger charge is 2.22. The van der Waals surface area contributed by atoms with Gasteiger partial charge in [-0.3, -0.25) is 4.98 Å². The average molecular weight is 372 g/mol. The van der Waals surface area contributed by atoms with Crippen LogP contribution in [0.15, 0.2) is 54.9 Å². The second kappa shape index (κ2) is 6.94. The molecule has 0 aliphatic carbocycles. The maximum Gasteiger partial charge on any atom is 0.157 e. The lowest BCUT2D eigenvalue weighted by Gasteiger charge is -2.16. The second-order valence-corrected chi connectivity index (χ2v) is 6.88. The number of benzene rings is 1. The van der Waals surface area contributed by atoms with E-state index in [-0.39, 0.29) is 6.04 Å². The van der Waals surface area contributed by atoms with Crippen molar-refractivity contribution in [1.82, 2.24) is 25.3 Å². The van der Waals surface area contributed by atoms with Gasteiger partial charge in [-0.15, -0.1) is 0 Å². The summed E-state index contributed by atoms with van der Waals surface area (Å²) in [7, 11) is 0. The Balaban J connectivity index is 1.59. The Labute approximate surface area is 162 Å². The quantitative estimate of drug-likeness (QED) is 0.503. The zero-order valence-corrected chi connectivity index (χ0v) is 15.2. The number of anilines is 1. The lowest BCUT2D eigenvalue weighted by Crippen LogP contribution is -2.13. The molecular weight excluding hydrogens is 352 g/mol. The summed E-state index contributed by atoms with van der Waals surface area (Å²) in [6.45, 7) is 1.01. The van der Waals surface area contributed by atoms with E-state index < -0.39 is 0 Å². The van der Waals surface area contributed by atoms with Crippen LogP contribution in [0.2, 0.25) is 0 Å². The third kappa shape index (κ3) is 3.16. The Bertz CT molecular complexity index is 1100. The number of pyridine rings is 2. The topological polar surface area (TPSA) is 102 Å². The van der Waals surface area contributed by atoms with E-state index in [9.17, 15) is 0 Å². The van der Waals surface area contributed by atoms with E-state index in [2.05, 4.69) is 26.3 Å². The Morgan fingerprint density at radius 1 is 1.11 bits per heavy atom. The molecule has 0 saturated carbocycles. The van der Waals surface area contributed by atoms with Gasteiger partial charge in [-0.25, -0.2) is 9.97 Å². The number of aromatic amines is 1. The standard InChI is InChI=1S/C21H20N6O/c22-20-7-6-13(12-25-20)28-19-11-18-17(10-14(19)15-5-3-9-23-15)26-21(27-18)16-4-1-2-8-24-16/h1-2,4,6-8,10-12,15,23H,3,5,9H2,(H2,22,25)(H,26,27). The fraction of sp³-hybridized carbons (Fsp3) is 0.190. The highest BCUT2D eigenvalue weighted by molar-refractivity contribution is 5.81. The van der Waals surface area contributed by atoms with Crippen LogP contribution in [0.3, 0.4) is 0 Å². The number of hydrogen-bond acceptors (Lipinski definition) is 6. The fourth-order valence-corrected chi connectivity index (χ4v) is 3.57. The Hall–Kier alpha value is -3.45. The van der Waals surface area contributed by atoms with Gasteiger partial charge in [-0.05, 0) is 49.7 Å². The maximum absolute atomic E-state index is 6.17. The van der Waals surface area contributed by atoms with Crippen LogP contribution < -0.4 is 15.8 Å². The van der Waals surface area contributed by atoms with Crippen LogP contribution in [0.25, 0.3) is 22.6 Å². The van der Waals surface area contributed by atoms with Gasteiger partial charge in [0.2, 0.25) is 0 Å². The second-order valence-electron chi connectivity index (χ2n) is 6.88. The van der Waals surface area contributed by atoms with E-state index in [0.717, 1.165) is 53.3 Å². The lowest BCUT2D eigenvalue weighted by molar-refractivity contribution is 0.464. The first-order valence-electron chi connectivity index (χ1n) is 9.34. The van der Waals surface area contributed by atoms with Gasteiger partial charge >= 0.3 is 0 Å². The van der Waals surface area contributed by atoms with Gasteiger partial charge in [0, 0.05) is 23.9 Å². The molecule has 0 radical (unpaired) electrons. The summed E-state index contributed by atoms with van der Waals surface area (Å²) >= 11 is 0. The molecule has 4 heterocycles. The fourth-order valence-electron chi connectivity index (χ4n) is 3.57. The third-order valence-electron chi connectivity index (χ3n) is 4.94. The molecule has 4 N–H and O–H groups in total. The highest BCUT2D eigenvalue weighted by Crippen LogP contribution is 2.37. The Morgan fingerprint density at radius 2 is 2.07 bits per heavy atom. The minimum Gasteiger partial charge on any atom is -0.455 e.